The number of fused-ring (bicyclic) bond motifs is 3. The van der Waals surface area contributed by atoms with Crippen molar-refractivity contribution in [3.8, 4) is 11.5 Å². The summed E-state index contributed by atoms with van der Waals surface area (Å²) in [6.07, 6.45) is 1.01. The number of hydrogen-bond acceptors (Lipinski definition) is 3. The summed E-state index contributed by atoms with van der Waals surface area (Å²) in [6.45, 7) is 0.892. The number of nitrogens with two attached hydrogens (primary N) is 2. The van der Waals surface area contributed by atoms with E-state index in [1.807, 2.05) is 24.3 Å². The predicted octanol–water partition coefficient (Wildman–Crippen LogP) is 1.25. The Bertz CT molecular complexity index is 964. The van der Waals surface area contributed by atoms with Gasteiger partial charge < -0.3 is 25.5 Å². The average molecular weight is 352 g/mol. The maximum atomic E-state index is 11.0. The van der Waals surface area contributed by atoms with Crippen LogP contribution in [-0.4, -0.2) is 31.2 Å². The van der Waals surface area contributed by atoms with Gasteiger partial charge in [-0.05, 0) is 35.9 Å². The Balaban J connectivity index is 1.72. The third-order valence-electron chi connectivity index (χ3n) is 4.85. The minimum absolute atomic E-state index is 0.116. The summed E-state index contributed by atoms with van der Waals surface area (Å²) in [5, 5.41) is 3.54. The molecule has 134 valence electrons. The van der Waals surface area contributed by atoms with E-state index >= 15 is 0 Å². The highest BCUT2D eigenvalue weighted by Crippen LogP contribution is 2.33. The number of hydrogen-bond donors (Lipinski definition) is 3. The zero-order chi connectivity index (χ0) is 18.1. The number of quaternary nitrogens is 1. The molecule has 0 saturated heterocycles. The van der Waals surface area contributed by atoms with Crippen LogP contribution in [0.25, 0.3) is 10.9 Å². The number of carbonyl (C=O) groups excluding carboxylic acids is 1. The fraction of sp³-hybridized carbons (Fsp3) is 0.250. The van der Waals surface area contributed by atoms with Gasteiger partial charge in [0, 0.05) is 22.9 Å². The fourth-order valence-corrected chi connectivity index (χ4v) is 3.68. The molecule has 2 heterocycles. The lowest BCUT2D eigenvalue weighted by molar-refractivity contribution is -0.690. The van der Waals surface area contributed by atoms with Gasteiger partial charge in [0.2, 0.25) is 0 Å². The normalized spacial score (nSPS) is 16.3. The Morgan fingerprint density at radius 2 is 2.15 bits per heavy atom. The van der Waals surface area contributed by atoms with Crippen molar-refractivity contribution in [3.63, 3.8) is 0 Å². The van der Waals surface area contributed by atoms with Crippen LogP contribution in [0.5, 0.6) is 11.5 Å². The number of ether oxygens (including phenoxy) is 2. The van der Waals surface area contributed by atoms with Crippen LogP contribution in [0.15, 0.2) is 42.5 Å². The molecule has 1 atom stereocenters. The van der Waals surface area contributed by atoms with Crippen LogP contribution >= 0.6 is 0 Å². The molecule has 6 nitrogen and oxygen atoms in total. The molecule has 3 aromatic rings. The number of H-pyrrole nitrogens is 1. The smallest absolute Gasteiger partial charge is 0.255 e. The first-order valence-electron chi connectivity index (χ1n) is 8.68. The standard InChI is InChI=1S/C20H21N3O3/c1-25-13-5-6-17-16(10-13)15-7-8-22-19(20(15)23-17)12-3-2-4-14(9-12)26-11-18(21)24/h2-6,9-10,19,22-23H,7-8,11H2,1H3,(H2,21,24)/p+1/t19-/m1/s1. The molecule has 2 aromatic carbocycles. The zero-order valence-corrected chi connectivity index (χ0v) is 14.6. The SMILES string of the molecule is COc1ccc2[nH]c3c(c2c1)CC[NH2+][C@@H]3c1cccc(OCC(N)=O)c1. The van der Waals surface area contributed by atoms with E-state index in [2.05, 4.69) is 28.5 Å². The van der Waals surface area contributed by atoms with E-state index in [4.69, 9.17) is 15.2 Å². The lowest BCUT2D eigenvalue weighted by Gasteiger charge is -2.22. The van der Waals surface area contributed by atoms with Crippen molar-refractivity contribution in [2.24, 2.45) is 5.73 Å². The second kappa shape index (κ2) is 6.72. The number of methoxy groups -OCH3 is 1. The summed E-state index contributed by atoms with van der Waals surface area (Å²) in [7, 11) is 1.69. The molecule has 0 fully saturated rings. The second-order valence-corrected chi connectivity index (χ2v) is 6.51. The Hall–Kier alpha value is -2.99. The van der Waals surface area contributed by atoms with Gasteiger partial charge in [0.15, 0.2) is 12.6 Å². The molecule has 26 heavy (non-hydrogen) atoms. The van der Waals surface area contributed by atoms with Gasteiger partial charge in [-0.15, -0.1) is 0 Å². The molecule has 0 saturated carbocycles. The van der Waals surface area contributed by atoms with Crippen LogP contribution in [0.3, 0.4) is 0 Å². The molecule has 0 spiro atoms. The van der Waals surface area contributed by atoms with Crippen molar-refractivity contribution in [3.05, 3.63) is 59.3 Å². The first kappa shape index (κ1) is 16.5. The quantitative estimate of drug-likeness (QED) is 0.645. The molecule has 1 amide bonds. The molecule has 1 aliphatic heterocycles. The Morgan fingerprint density at radius 1 is 1.27 bits per heavy atom. The predicted molar refractivity (Wildman–Crippen MR) is 98.3 cm³/mol. The molecule has 4 rings (SSSR count). The summed E-state index contributed by atoms with van der Waals surface area (Å²) >= 11 is 0. The number of nitrogens with one attached hydrogen (secondary N) is 1. The van der Waals surface area contributed by atoms with Gasteiger partial charge in [-0.1, -0.05) is 12.1 Å². The van der Waals surface area contributed by atoms with Crippen LogP contribution in [-0.2, 0) is 11.2 Å². The highest BCUT2D eigenvalue weighted by Gasteiger charge is 2.29. The highest BCUT2D eigenvalue weighted by atomic mass is 16.5. The van der Waals surface area contributed by atoms with Crippen molar-refractivity contribution in [2.45, 2.75) is 12.5 Å². The van der Waals surface area contributed by atoms with Crippen molar-refractivity contribution in [1.82, 2.24) is 4.98 Å². The fourth-order valence-electron chi connectivity index (χ4n) is 3.68. The molecule has 0 unspecified atom stereocenters. The number of aromatic amines is 1. The van der Waals surface area contributed by atoms with Gasteiger partial charge >= 0.3 is 0 Å². The van der Waals surface area contributed by atoms with E-state index < -0.39 is 5.91 Å². The molecule has 1 aliphatic rings. The summed E-state index contributed by atoms with van der Waals surface area (Å²) in [6, 6.07) is 14.1. The molecule has 1 aromatic heterocycles. The summed E-state index contributed by atoms with van der Waals surface area (Å²) in [4.78, 5) is 14.5. The van der Waals surface area contributed by atoms with Crippen molar-refractivity contribution >= 4 is 16.8 Å². The first-order valence-corrected chi connectivity index (χ1v) is 8.68. The monoisotopic (exact) mass is 352 g/mol. The minimum atomic E-state index is -0.480. The number of aromatic nitrogens is 1. The Labute approximate surface area is 151 Å². The van der Waals surface area contributed by atoms with Gasteiger partial charge in [-0.25, -0.2) is 0 Å². The largest absolute Gasteiger partial charge is 0.497 e. The molecule has 5 N–H and O–H groups in total. The number of carbonyl (C=O) groups is 1. The molecular weight excluding hydrogens is 330 g/mol. The maximum absolute atomic E-state index is 11.0. The first-order chi connectivity index (χ1) is 12.7. The van der Waals surface area contributed by atoms with E-state index in [0.717, 1.165) is 29.8 Å². The van der Waals surface area contributed by atoms with E-state index in [1.165, 1.54) is 16.6 Å². The van der Waals surface area contributed by atoms with Gasteiger partial charge in [-0.2, -0.15) is 0 Å². The lowest BCUT2D eigenvalue weighted by Crippen LogP contribution is -2.87. The van der Waals surface area contributed by atoms with Crippen LogP contribution in [0.1, 0.15) is 22.9 Å². The van der Waals surface area contributed by atoms with E-state index in [-0.39, 0.29) is 12.6 Å². The molecule has 0 radical (unpaired) electrons. The molecule has 6 heteroatoms. The molecule has 0 bridgehead atoms. The van der Waals surface area contributed by atoms with Gasteiger partial charge in [0.25, 0.3) is 5.91 Å². The summed E-state index contributed by atoms with van der Waals surface area (Å²) in [5.74, 6) is 1.04. The van der Waals surface area contributed by atoms with Crippen LogP contribution in [0.2, 0.25) is 0 Å². The number of benzene rings is 2. The van der Waals surface area contributed by atoms with Crippen LogP contribution < -0.4 is 20.5 Å². The van der Waals surface area contributed by atoms with E-state index in [0.29, 0.717) is 5.75 Å². The third-order valence-corrected chi connectivity index (χ3v) is 4.85. The van der Waals surface area contributed by atoms with Crippen LogP contribution in [0, 0.1) is 0 Å². The number of amides is 1. The van der Waals surface area contributed by atoms with Crippen molar-refractivity contribution in [2.75, 3.05) is 20.3 Å². The van der Waals surface area contributed by atoms with Crippen molar-refractivity contribution in [1.29, 1.82) is 0 Å². The van der Waals surface area contributed by atoms with Gasteiger partial charge in [0.1, 0.15) is 11.5 Å². The highest BCUT2D eigenvalue weighted by molar-refractivity contribution is 5.86. The summed E-state index contributed by atoms with van der Waals surface area (Å²) < 4.78 is 10.8. The Morgan fingerprint density at radius 3 is 2.96 bits per heavy atom. The Kier molecular flexibility index (Phi) is 4.26. The van der Waals surface area contributed by atoms with Crippen LogP contribution in [0.4, 0.5) is 0 Å². The average Bonchev–Trinajstić information content (AvgIpc) is 3.04. The minimum Gasteiger partial charge on any atom is -0.497 e. The zero-order valence-electron chi connectivity index (χ0n) is 14.6. The van der Waals surface area contributed by atoms with Gasteiger partial charge in [0.05, 0.1) is 19.3 Å². The second-order valence-electron chi connectivity index (χ2n) is 6.51. The third kappa shape index (κ3) is 2.99. The van der Waals surface area contributed by atoms with Gasteiger partial charge in [-0.3, -0.25) is 4.79 Å². The molecule has 0 aliphatic carbocycles. The number of primary amides is 1. The topological polar surface area (TPSA) is 93.9 Å². The van der Waals surface area contributed by atoms with E-state index in [9.17, 15) is 4.79 Å². The molecular formula is C20H22N3O3+. The number of rotatable bonds is 5. The lowest BCUT2D eigenvalue weighted by atomic mass is 9.94. The van der Waals surface area contributed by atoms with E-state index in [1.54, 1.807) is 7.11 Å². The van der Waals surface area contributed by atoms with Crippen molar-refractivity contribution < 1.29 is 19.6 Å². The maximum Gasteiger partial charge on any atom is 0.255 e. The summed E-state index contributed by atoms with van der Waals surface area (Å²) in [5.41, 5.74) is 9.98.